The lowest BCUT2D eigenvalue weighted by atomic mass is 10.1. The van der Waals surface area contributed by atoms with Gasteiger partial charge in [-0.05, 0) is 49.3 Å². The SMILES string of the molecule is Cc1c(NC(=S)NC[C@H](Cl)Cc2ccccc2Cl)c(=O)n(-c2ccccc2)n1C. The second-order valence-electron chi connectivity index (χ2n) is 6.66. The zero-order valence-electron chi connectivity index (χ0n) is 16.2. The predicted molar refractivity (Wildman–Crippen MR) is 125 cm³/mol. The molecule has 3 aromatic rings. The van der Waals surface area contributed by atoms with Crippen LogP contribution in [-0.2, 0) is 13.5 Å². The lowest BCUT2D eigenvalue weighted by Crippen LogP contribution is -2.35. The summed E-state index contributed by atoms with van der Waals surface area (Å²) in [5.74, 6) is 0. The standard InChI is InChI=1S/C21H22Cl2N4OS/c1-14-19(20(28)27(26(14)2)17-9-4-3-5-10-17)25-21(29)24-13-16(22)12-15-8-6-7-11-18(15)23/h3-11,16H,12-13H2,1-2H3,(H2,24,25,29)/t16-/m1/s1. The van der Waals surface area contributed by atoms with E-state index in [2.05, 4.69) is 10.6 Å². The van der Waals surface area contributed by atoms with Crippen molar-refractivity contribution >= 4 is 46.2 Å². The van der Waals surface area contributed by atoms with Crippen LogP contribution in [0, 0.1) is 6.92 Å². The van der Waals surface area contributed by atoms with Crippen molar-refractivity contribution in [3.63, 3.8) is 0 Å². The number of aromatic nitrogens is 2. The summed E-state index contributed by atoms with van der Waals surface area (Å²) in [4.78, 5) is 12.9. The van der Waals surface area contributed by atoms with Gasteiger partial charge in [0, 0.05) is 18.6 Å². The van der Waals surface area contributed by atoms with Gasteiger partial charge < -0.3 is 10.6 Å². The number of rotatable bonds is 6. The summed E-state index contributed by atoms with van der Waals surface area (Å²) >= 11 is 18.0. The molecule has 0 saturated carbocycles. The Morgan fingerprint density at radius 1 is 1.14 bits per heavy atom. The molecule has 0 aliphatic heterocycles. The average molecular weight is 449 g/mol. The van der Waals surface area contributed by atoms with E-state index < -0.39 is 0 Å². The number of para-hydroxylation sites is 1. The molecular formula is C21H22Cl2N4OS. The van der Waals surface area contributed by atoms with Crippen LogP contribution in [0.5, 0.6) is 0 Å². The van der Waals surface area contributed by atoms with Gasteiger partial charge in [-0.2, -0.15) is 0 Å². The number of benzene rings is 2. The Morgan fingerprint density at radius 2 is 1.79 bits per heavy atom. The molecule has 0 aliphatic carbocycles. The zero-order chi connectivity index (χ0) is 21.0. The molecule has 0 spiro atoms. The van der Waals surface area contributed by atoms with Crippen molar-refractivity contribution in [2.24, 2.45) is 7.05 Å². The van der Waals surface area contributed by atoms with Gasteiger partial charge in [0.1, 0.15) is 5.69 Å². The number of hydrogen-bond donors (Lipinski definition) is 2. The fourth-order valence-corrected chi connectivity index (χ4v) is 3.69. The molecule has 1 aromatic heterocycles. The molecule has 29 heavy (non-hydrogen) atoms. The van der Waals surface area contributed by atoms with Crippen molar-refractivity contribution in [1.29, 1.82) is 0 Å². The summed E-state index contributed by atoms with van der Waals surface area (Å²) in [6.07, 6.45) is 0.613. The number of nitrogens with one attached hydrogen (secondary N) is 2. The maximum Gasteiger partial charge on any atom is 0.295 e. The Hall–Kier alpha value is -2.28. The number of thiocarbonyl (C=S) groups is 1. The number of halogens is 2. The maximum atomic E-state index is 12.9. The Balaban J connectivity index is 1.65. The number of alkyl halides is 1. The van der Waals surface area contributed by atoms with Crippen LogP contribution in [0.3, 0.4) is 0 Å². The molecule has 0 fully saturated rings. The van der Waals surface area contributed by atoms with Crippen molar-refractivity contribution in [2.75, 3.05) is 11.9 Å². The first kappa shape index (κ1) is 21.4. The fraction of sp³-hybridized carbons (Fsp3) is 0.238. The van der Waals surface area contributed by atoms with Crippen LogP contribution < -0.4 is 16.2 Å². The fourth-order valence-electron chi connectivity index (χ4n) is 3.05. The third-order valence-electron chi connectivity index (χ3n) is 4.68. The van der Waals surface area contributed by atoms with Crippen molar-refractivity contribution in [3.8, 4) is 5.69 Å². The van der Waals surface area contributed by atoms with Crippen LogP contribution in [0.15, 0.2) is 59.4 Å². The summed E-state index contributed by atoms with van der Waals surface area (Å²) in [5.41, 5.74) is 2.82. The molecule has 5 nitrogen and oxygen atoms in total. The second-order valence-corrected chi connectivity index (χ2v) is 8.10. The molecule has 3 rings (SSSR count). The molecule has 0 aliphatic rings. The van der Waals surface area contributed by atoms with Crippen LogP contribution in [0.4, 0.5) is 5.69 Å². The second kappa shape index (κ2) is 9.48. The number of nitrogens with zero attached hydrogens (tertiary/aromatic N) is 2. The lowest BCUT2D eigenvalue weighted by molar-refractivity contribution is 0.630. The van der Waals surface area contributed by atoms with Gasteiger partial charge in [0.2, 0.25) is 0 Å². The van der Waals surface area contributed by atoms with E-state index in [-0.39, 0.29) is 10.9 Å². The summed E-state index contributed by atoms with van der Waals surface area (Å²) in [6.45, 7) is 2.31. The largest absolute Gasteiger partial charge is 0.361 e. The van der Waals surface area contributed by atoms with Crippen molar-refractivity contribution in [3.05, 3.63) is 81.2 Å². The number of hydrogen-bond acceptors (Lipinski definition) is 2. The molecule has 0 unspecified atom stereocenters. The van der Waals surface area contributed by atoms with Crippen LogP contribution in [0.2, 0.25) is 5.02 Å². The van der Waals surface area contributed by atoms with Crippen LogP contribution >= 0.6 is 35.4 Å². The quantitative estimate of drug-likeness (QED) is 0.436. The summed E-state index contributed by atoms with van der Waals surface area (Å²) in [5, 5.41) is 6.94. The molecule has 0 bridgehead atoms. The highest BCUT2D eigenvalue weighted by Crippen LogP contribution is 2.18. The van der Waals surface area contributed by atoms with Gasteiger partial charge >= 0.3 is 0 Å². The highest BCUT2D eigenvalue weighted by atomic mass is 35.5. The van der Waals surface area contributed by atoms with E-state index in [0.29, 0.717) is 28.8 Å². The summed E-state index contributed by atoms with van der Waals surface area (Å²) < 4.78 is 3.40. The van der Waals surface area contributed by atoms with Crippen molar-refractivity contribution in [1.82, 2.24) is 14.7 Å². The maximum absolute atomic E-state index is 12.9. The van der Waals surface area contributed by atoms with Gasteiger partial charge in [0.15, 0.2) is 5.11 Å². The third-order valence-corrected chi connectivity index (χ3v) is 5.60. The van der Waals surface area contributed by atoms with Gasteiger partial charge in [-0.15, -0.1) is 11.6 Å². The summed E-state index contributed by atoms with van der Waals surface area (Å²) in [6, 6.07) is 17.1. The number of anilines is 1. The molecule has 0 saturated heterocycles. The van der Waals surface area contributed by atoms with E-state index in [1.165, 1.54) is 0 Å². The molecule has 2 N–H and O–H groups in total. The minimum absolute atomic E-state index is 0.168. The first-order valence-electron chi connectivity index (χ1n) is 9.15. The molecule has 152 valence electrons. The molecular weight excluding hydrogens is 427 g/mol. The normalized spacial score (nSPS) is 11.9. The third kappa shape index (κ3) is 5.01. The van der Waals surface area contributed by atoms with Gasteiger partial charge in [-0.3, -0.25) is 9.48 Å². The van der Waals surface area contributed by atoms with Crippen LogP contribution in [0.1, 0.15) is 11.3 Å². The highest BCUT2D eigenvalue weighted by molar-refractivity contribution is 7.80. The predicted octanol–water partition coefficient (Wildman–Crippen LogP) is 4.27. The van der Waals surface area contributed by atoms with Crippen LogP contribution in [0.25, 0.3) is 5.69 Å². The van der Waals surface area contributed by atoms with E-state index in [0.717, 1.165) is 16.9 Å². The first-order valence-corrected chi connectivity index (χ1v) is 10.4. The van der Waals surface area contributed by atoms with E-state index in [1.807, 2.05) is 68.6 Å². The van der Waals surface area contributed by atoms with Gasteiger partial charge in [0.05, 0.1) is 16.8 Å². The Labute approximate surface area is 185 Å². The molecule has 8 heteroatoms. The Morgan fingerprint density at radius 3 is 2.48 bits per heavy atom. The van der Waals surface area contributed by atoms with E-state index in [1.54, 1.807) is 9.36 Å². The lowest BCUT2D eigenvalue weighted by Gasteiger charge is -2.14. The van der Waals surface area contributed by atoms with Crippen molar-refractivity contribution in [2.45, 2.75) is 18.7 Å². The highest BCUT2D eigenvalue weighted by Gasteiger charge is 2.17. The van der Waals surface area contributed by atoms with Gasteiger partial charge in [0.25, 0.3) is 5.56 Å². The van der Waals surface area contributed by atoms with E-state index >= 15 is 0 Å². The molecule has 1 atom stereocenters. The van der Waals surface area contributed by atoms with E-state index in [4.69, 9.17) is 35.4 Å². The molecule has 0 radical (unpaired) electrons. The monoisotopic (exact) mass is 448 g/mol. The first-order chi connectivity index (χ1) is 13.9. The average Bonchev–Trinajstić information content (AvgIpc) is 2.92. The smallest absolute Gasteiger partial charge is 0.295 e. The minimum atomic E-state index is -0.201. The topological polar surface area (TPSA) is 51.0 Å². The zero-order valence-corrected chi connectivity index (χ0v) is 18.5. The Bertz CT molecular complexity index is 1060. The van der Waals surface area contributed by atoms with Crippen LogP contribution in [-0.4, -0.2) is 26.4 Å². The minimum Gasteiger partial charge on any atom is -0.361 e. The van der Waals surface area contributed by atoms with Gasteiger partial charge in [-0.1, -0.05) is 48.0 Å². The van der Waals surface area contributed by atoms with Gasteiger partial charge in [-0.25, -0.2) is 4.68 Å². The molecule has 0 amide bonds. The molecule has 1 heterocycles. The summed E-state index contributed by atoms with van der Waals surface area (Å²) in [7, 11) is 1.84. The van der Waals surface area contributed by atoms with E-state index in [9.17, 15) is 4.79 Å². The molecule has 2 aromatic carbocycles. The Kier molecular flexibility index (Phi) is 7.00. The van der Waals surface area contributed by atoms with Crippen molar-refractivity contribution < 1.29 is 0 Å².